The van der Waals surface area contributed by atoms with Crippen LogP contribution in [0.15, 0.2) is 53.8 Å². The molecule has 37 heavy (non-hydrogen) atoms. The van der Waals surface area contributed by atoms with Crippen LogP contribution in [-0.2, 0) is 17.0 Å². The molecule has 0 aliphatic carbocycles. The molecular weight excluding hydrogens is 494 g/mol. The van der Waals surface area contributed by atoms with Crippen molar-refractivity contribution >= 4 is 29.3 Å². The number of fused-ring (bicyclic) bond motifs is 1. The van der Waals surface area contributed by atoms with Gasteiger partial charge in [0.1, 0.15) is 18.1 Å². The van der Waals surface area contributed by atoms with Gasteiger partial charge in [-0.25, -0.2) is 15.0 Å². The first-order valence-electron chi connectivity index (χ1n) is 12.2. The minimum Gasteiger partial charge on any atom is -0.491 e. The maximum absolute atomic E-state index is 6.83. The number of ether oxygens (including phenoxy) is 3. The maximum Gasteiger partial charge on any atom is 0.166 e. The third kappa shape index (κ3) is 5.78. The van der Waals surface area contributed by atoms with Crippen molar-refractivity contribution in [2.75, 3.05) is 50.5 Å². The number of aromatic nitrogens is 2. The Labute approximate surface area is 220 Å². The van der Waals surface area contributed by atoms with E-state index in [9.17, 15) is 0 Å². The van der Waals surface area contributed by atoms with Gasteiger partial charge in [-0.2, -0.15) is 0 Å². The van der Waals surface area contributed by atoms with Gasteiger partial charge in [0.2, 0.25) is 0 Å². The van der Waals surface area contributed by atoms with E-state index in [-0.39, 0.29) is 6.61 Å². The summed E-state index contributed by atoms with van der Waals surface area (Å²) in [6.45, 7) is 5.22. The van der Waals surface area contributed by atoms with E-state index in [1.807, 2.05) is 12.1 Å². The number of hydrogen-bond acceptors (Lipinski definition) is 10. The predicted octanol–water partition coefficient (Wildman–Crippen LogP) is 3.01. The number of nitrogens with zero attached hydrogens (tertiary/aromatic N) is 4. The number of halogens is 1. The van der Waals surface area contributed by atoms with Gasteiger partial charge in [-0.05, 0) is 30.7 Å². The van der Waals surface area contributed by atoms with Crippen LogP contribution in [0.4, 0.5) is 11.4 Å². The van der Waals surface area contributed by atoms with Crippen LogP contribution in [0.2, 0.25) is 5.02 Å². The van der Waals surface area contributed by atoms with Gasteiger partial charge in [-0.1, -0.05) is 17.7 Å². The summed E-state index contributed by atoms with van der Waals surface area (Å²) in [6, 6.07) is 10.8. The van der Waals surface area contributed by atoms with Crippen LogP contribution in [0.5, 0.6) is 11.5 Å². The molecule has 3 heterocycles. The van der Waals surface area contributed by atoms with E-state index in [0.29, 0.717) is 40.2 Å². The zero-order valence-electron chi connectivity index (χ0n) is 20.4. The van der Waals surface area contributed by atoms with E-state index in [4.69, 9.17) is 37.3 Å². The summed E-state index contributed by atoms with van der Waals surface area (Å²) in [4.78, 5) is 15.2. The van der Waals surface area contributed by atoms with E-state index in [1.165, 1.54) is 0 Å². The summed E-state index contributed by atoms with van der Waals surface area (Å²) >= 11 is 6.54. The molecule has 2 aliphatic rings. The van der Waals surface area contributed by atoms with Crippen molar-refractivity contribution in [1.29, 1.82) is 0 Å². The van der Waals surface area contributed by atoms with E-state index in [0.717, 1.165) is 50.5 Å². The molecule has 1 atom stereocenters. The number of rotatable bonds is 9. The second-order valence-corrected chi connectivity index (χ2v) is 9.27. The van der Waals surface area contributed by atoms with Crippen LogP contribution in [0.25, 0.3) is 0 Å². The Bertz CT molecular complexity index is 1250. The van der Waals surface area contributed by atoms with Crippen LogP contribution in [0, 0.1) is 0 Å². The van der Waals surface area contributed by atoms with Crippen molar-refractivity contribution in [3.8, 4) is 11.5 Å². The summed E-state index contributed by atoms with van der Waals surface area (Å²) in [5.74, 6) is 1.67. The Morgan fingerprint density at radius 3 is 2.68 bits per heavy atom. The summed E-state index contributed by atoms with van der Waals surface area (Å²) in [5.41, 5.74) is 14.7. The van der Waals surface area contributed by atoms with Crippen molar-refractivity contribution in [1.82, 2.24) is 14.9 Å². The number of anilines is 2. The number of hydrogen-bond donors (Lipinski definition) is 3. The van der Waals surface area contributed by atoms with E-state index in [2.05, 4.69) is 25.2 Å². The summed E-state index contributed by atoms with van der Waals surface area (Å²) in [7, 11) is 0. The Hall–Kier alpha value is -3.44. The molecule has 11 heteroatoms. The number of nitrogens with one attached hydrogen (secondary N) is 1. The zero-order chi connectivity index (χ0) is 25.7. The van der Waals surface area contributed by atoms with E-state index >= 15 is 0 Å². The minimum absolute atomic E-state index is 0.199. The normalized spacial score (nSPS) is 19.2. The molecule has 0 radical (unpaired) electrons. The summed E-state index contributed by atoms with van der Waals surface area (Å²) in [5, 5.41) is 3.57. The van der Waals surface area contributed by atoms with Gasteiger partial charge in [0, 0.05) is 49.2 Å². The van der Waals surface area contributed by atoms with Crippen molar-refractivity contribution in [2.24, 2.45) is 10.7 Å². The molecular formula is C26H30ClN7O3. The highest BCUT2D eigenvalue weighted by molar-refractivity contribution is 6.32. The lowest BCUT2D eigenvalue weighted by molar-refractivity contribution is 0.0358. The smallest absolute Gasteiger partial charge is 0.166 e. The van der Waals surface area contributed by atoms with Gasteiger partial charge >= 0.3 is 0 Å². The highest BCUT2D eigenvalue weighted by Gasteiger charge is 2.35. The van der Waals surface area contributed by atoms with Crippen LogP contribution in [0.3, 0.4) is 0 Å². The maximum atomic E-state index is 6.83. The summed E-state index contributed by atoms with van der Waals surface area (Å²) < 4.78 is 17.2. The standard InChI is InChI=1S/C26H30ClN7O3/c27-20-13-18(3-4-23(20)37-16-25-30-5-1-6-31-25)26(29)19-14-21(28)24(15-22(19)32-17-33-26)36-10-2-7-34-8-11-35-12-9-34/h1,3-6,13-15,17H,2,7-12,16,28-29H2,(H,32,33). The van der Waals surface area contributed by atoms with Crippen LogP contribution >= 0.6 is 11.6 Å². The number of nitrogen functional groups attached to an aromatic ring is 1. The fourth-order valence-electron chi connectivity index (χ4n) is 4.36. The monoisotopic (exact) mass is 523 g/mol. The Balaban J connectivity index is 1.28. The fraction of sp³-hybridized carbons (Fsp3) is 0.346. The molecule has 2 aliphatic heterocycles. The lowest BCUT2D eigenvalue weighted by atomic mass is 9.89. The Kier molecular flexibility index (Phi) is 7.71. The van der Waals surface area contributed by atoms with Gasteiger partial charge in [0.25, 0.3) is 0 Å². The van der Waals surface area contributed by atoms with Gasteiger partial charge in [-0.3, -0.25) is 10.6 Å². The molecule has 1 saturated heterocycles. The number of nitrogens with two attached hydrogens (primary N) is 2. The van der Waals surface area contributed by atoms with Gasteiger partial charge in [0.05, 0.1) is 42.6 Å². The Morgan fingerprint density at radius 1 is 1.08 bits per heavy atom. The molecule has 0 bridgehead atoms. The Morgan fingerprint density at radius 2 is 1.89 bits per heavy atom. The average molecular weight is 524 g/mol. The molecule has 194 valence electrons. The number of aliphatic imine (C=N–C) groups is 1. The second kappa shape index (κ2) is 11.3. The first kappa shape index (κ1) is 25.2. The number of morpholine rings is 1. The molecule has 0 saturated carbocycles. The van der Waals surface area contributed by atoms with Crippen LogP contribution in [-0.4, -0.2) is 60.7 Å². The molecule has 0 spiro atoms. The van der Waals surface area contributed by atoms with Crippen molar-refractivity contribution in [3.05, 3.63) is 70.8 Å². The average Bonchev–Trinajstić information content (AvgIpc) is 2.92. The molecule has 1 fully saturated rings. The lowest BCUT2D eigenvalue weighted by Gasteiger charge is -2.32. The molecule has 0 amide bonds. The summed E-state index contributed by atoms with van der Waals surface area (Å²) in [6.07, 6.45) is 5.80. The fourth-order valence-corrected chi connectivity index (χ4v) is 4.59. The molecule has 2 aromatic carbocycles. The quantitative estimate of drug-likeness (QED) is 0.286. The topological polar surface area (TPSA) is 133 Å². The molecule has 5 rings (SSSR count). The first-order chi connectivity index (χ1) is 18.0. The van der Waals surface area contributed by atoms with Crippen molar-refractivity contribution < 1.29 is 14.2 Å². The van der Waals surface area contributed by atoms with Gasteiger partial charge < -0.3 is 25.3 Å². The molecule has 3 aromatic rings. The highest BCUT2D eigenvalue weighted by atomic mass is 35.5. The predicted molar refractivity (Wildman–Crippen MR) is 143 cm³/mol. The van der Waals surface area contributed by atoms with Crippen molar-refractivity contribution in [2.45, 2.75) is 18.7 Å². The van der Waals surface area contributed by atoms with E-state index < -0.39 is 5.66 Å². The first-order valence-corrected chi connectivity index (χ1v) is 12.6. The largest absolute Gasteiger partial charge is 0.491 e. The third-order valence-corrected chi connectivity index (χ3v) is 6.67. The van der Waals surface area contributed by atoms with Crippen molar-refractivity contribution in [3.63, 3.8) is 0 Å². The highest BCUT2D eigenvalue weighted by Crippen LogP contribution is 2.42. The molecule has 10 nitrogen and oxygen atoms in total. The zero-order valence-corrected chi connectivity index (χ0v) is 21.2. The minimum atomic E-state index is -1.19. The molecule has 1 unspecified atom stereocenters. The molecule has 1 aromatic heterocycles. The third-order valence-electron chi connectivity index (χ3n) is 6.38. The van der Waals surface area contributed by atoms with Gasteiger partial charge in [0.15, 0.2) is 11.5 Å². The second-order valence-electron chi connectivity index (χ2n) is 8.86. The van der Waals surface area contributed by atoms with Crippen LogP contribution in [0.1, 0.15) is 23.4 Å². The number of benzene rings is 2. The lowest BCUT2D eigenvalue weighted by Crippen LogP contribution is -2.39. The SMILES string of the molecule is Nc1cc2c(cc1OCCCN1CCOCC1)NC=NC2(N)c1ccc(OCc2ncccn2)c(Cl)c1. The van der Waals surface area contributed by atoms with Gasteiger partial charge in [-0.15, -0.1) is 0 Å². The van der Waals surface area contributed by atoms with Crippen LogP contribution < -0.4 is 26.3 Å². The molecule has 5 N–H and O–H groups in total. The van der Waals surface area contributed by atoms with E-state index in [1.54, 1.807) is 43.0 Å².